The van der Waals surface area contributed by atoms with E-state index in [1.165, 1.54) is 23.0 Å². The van der Waals surface area contributed by atoms with E-state index >= 15 is 0 Å². The molecule has 3 aromatic rings. The van der Waals surface area contributed by atoms with Crippen LogP contribution in [0.4, 0.5) is 0 Å². The molecule has 1 atom stereocenters. The molecule has 1 aliphatic heterocycles. The third-order valence-corrected chi connectivity index (χ3v) is 7.33. The van der Waals surface area contributed by atoms with Crippen LogP contribution >= 0.6 is 45.5 Å². The van der Waals surface area contributed by atoms with Gasteiger partial charge >= 0.3 is 5.97 Å². The van der Waals surface area contributed by atoms with Gasteiger partial charge in [0.15, 0.2) is 16.3 Å². The van der Waals surface area contributed by atoms with Crippen LogP contribution in [0.3, 0.4) is 0 Å². The maximum Gasteiger partial charge on any atom is 0.338 e. The van der Waals surface area contributed by atoms with Crippen molar-refractivity contribution in [1.29, 1.82) is 0 Å². The Bertz CT molecular complexity index is 1490. The van der Waals surface area contributed by atoms with Crippen LogP contribution in [0.2, 0.25) is 5.02 Å². The van der Waals surface area contributed by atoms with Gasteiger partial charge in [-0.05, 0) is 77.9 Å². The number of esters is 1. The number of methoxy groups -OCH3 is 1. The van der Waals surface area contributed by atoms with E-state index in [1.54, 1.807) is 56.3 Å². The maximum atomic E-state index is 13.6. The standard InChI is InChI=1S/C24H20ClIN2O5S/c1-4-33-23(31)19-12(2)27-24-28(20(19)14-5-7-15(25)8-6-14)22(30)18(34-24)11-13-9-16(26)21(29)17(10-13)32-3/h5-11,20,29H,4H2,1-3H3/b18-11+. The smallest absolute Gasteiger partial charge is 0.338 e. The number of fused-ring (bicyclic) bond motifs is 1. The van der Waals surface area contributed by atoms with Gasteiger partial charge in [0.25, 0.3) is 5.56 Å². The normalized spacial score (nSPS) is 15.7. The van der Waals surface area contributed by atoms with Gasteiger partial charge in [0, 0.05) is 5.02 Å². The lowest BCUT2D eigenvalue weighted by Crippen LogP contribution is -2.39. The molecule has 4 rings (SSSR count). The minimum atomic E-state index is -0.704. The van der Waals surface area contributed by atoms with Crippen molar-refractivity contribution in [2.24, 2.45) is 4.99 Å². The summed E-state index contributed by atoms with van der Waals surface area (Å²) in [5.74, 6) is -0.166. The molecular formula is C24H20ClIN2O5S. The number of allylic oxidation sites excluding steroid dienone is 1. The number of ether oxygens (including phenoxy) is 2. The molecule has 1 unspecified atom stereocenters. The highest BCUT2D eigenvalue weighted by atomic mass is 127. The van der Waals surface area contributed by atoms with Crippen LogP contribution in [-0.4, -0.2) is 29.4 Å². The number of phenols is 1. The van der Waals surface area contributed by atoms with E-state index in [1.807, 2.05) is 22.6 Å². The van der Waals surface area contributed by atoms with Crippen molar-refractivity contribution in [3.05, 3.63) is 87.1 Å². The van der Waals surface area contributed by atoms with E-state index in [2.05, 4.69) is 4.99 Å². The summed E-state index contributed by atoms with van der Waals surface area (Å²) in [4.78, 5) is 31.5. The van der Waals surface area contributed by atoms with Crippen LogP contribution in [0.25, 0.3) is 6.08 Å². The van der Waals surface area contributed by atoms with Crippen molar-refractivity contribution >= 4 is 57.6 Å². The van der Waals surface area contributed by atoms with Gasteiger partial charge in [-0.15, -0.1) is 0 Å². The highest BCUT2D eigenvalue weighted by Crippen LogP contribution is 2.33. The van der Waals surface area contributed by atoms with E-state index in [0.717, 1.165) is 5.56 Å². The Morgan fingerprint density at radius 2 is 2.03 bits per heavy atom. The topological polar surface area (TPSA) is 90.1 Å². The van der Waals surface area contributed by atoms with Gasteiger partial charge < -0.3 is 14.6 Å². The monoisotopic (exact) mass is 610 g/mol. The molecule has 0 radical (unpaired) electrons. The van der Waals surface area contributed by atoms with Crippen molar-refractivity contribution in [3.8, 4) is 11.5 Å². The zero-order chi connectivity index (χ0) is 24.6. The Balaban J connectivity index is 1.95. The number of halogens is 2. The lowest BCUT2D eigenvalue weighted by atomic mass is 9.96. The number of hydrogen-bond donors (Lipinski definition) is 1. The summed E-state index contributed by atoms with van der Waals surface area (Å²) in [7, 11) is 1.47. The zero-order valence-electron chi connectivity index (χ0n) is 18.5. The zero-order valence-corrected chi connectivity index (χ0v) is 22.2. The molecule has 0 saturated heterocycles. The van der Waals surface area contributed by atoms with Crippen LogP contribution in [0.15, 0.2) is 57.5 Å². The average molecular weight is 611 g/mol. The lowest BCUT2D eigenvalue weighted by Gasteiger charge is -2.24. The first-order valence-electron chi connectivity index (χ1n) is 10.3. The van der Waals surface area contributed by atoms with Gasteiger partial charge in [-0.2, -0.15) is 0 Å². The third kappa shape index (κ3) is 4.51. The molecule has 0 amide bonds. The predicted octanol–water partition coefficient (Wildman–Crippen LogP) is 3.77. The number of aromatic nitrogens is 1. The number of thiazole rings is 1. The Hall–Kier alpha value is -2.63. The molecule has 0 aliphatic carbocycles. The first kappa shape index (κ1) is 24.5. The number of hydrogen-bond acceptors (Lipinski definition) is 7. The fraction of sp³-hybridized carbons (Fsp3) is 0.208. The molecule has 0 spiro atoms. The number of phenolic OH excluding ortho intramolecular Hbond substituents is 1. The largest absolute Gasteiger partial charge is 0.504 e. The van der Waals surface area contributed by atoms with E-state index in [4.69, 9.17) is 21.1 Å². The summed E-state index contributed by atoms with van der Waals surface area (Å²) in [6.07, 6.45) is 1.72. The molecule has 1 aromatic heterocycles. The summed E-state index contributed by atoms with van der Waals surface area (Å²) in [5, 5.41) is 10.7. The van der Waals surface area contributed by atoms with Gasteiger partial charge in [0.1, 0.15) is 0 Å². The molecule has 1 aliphatic rings. The van der Waals surface area contributed by atoms with Crippen LogP contribution in [0.5, 0.6) is 11.5 Å². The van der Waals surface area contributed by atoms with E-state index < -0.39 is 12.0 Å². The highest BCUT2D eigenvalue weighted by molar-refractivity contribution is 14.1. The quantitative estimate of drug-likeness (QED) is 0.351. The fourth-order valence-corrected chi connectivity index (χ4v) is 5.53. The molecule has 0 saturated carbocycles. The molecule has 34 heavy (non-hydrogen) atoms. The number of nitrogens with zero attached hydrogens (tertiary/aromatic N) is 2. The Kier molecular flexibility index (Phi) is 7.15. The van der Waals surface area contributed by atoms with Gasteiger partial charge in [-0.1, -0.05) is 35.1 Å². The number of carbonyl (C=O) groups excluding carboxylic acids is 1. The molecular weight excluding hydrogens is 591 g/mol. The molecule has 176 valence electrons. The molecule has 2 aromatic carbocycles. The summed E-state index contributed by atoms with van der Waals surface area (Å²) in [6.45, 7) is 3.67. The van der Waals surface area contributed by atoms with Crippen molar-refractivity contribution in [3.63, 3.8) is 0 Å². The second-order valence-corrected chi connectivity index (χ2v) is 10.0. The highest BCUT2D eigenvalue weighted by Gasteiger charge is 2.33. The Morgan fingerprint density at radius 1 is 1.32 bits per heavy atom. The molecule has 2 heterocycles. The molecule has 7 nitrogen and oxygen atoms in total. The second kappa shape index (κ2) is 9.93. The van der Waals surface area contributed by atoms with Crippen LogP contribution in [0, 0.1) is 3.57 Å². The average Bonchev–Trinajstić information content (AvgIpc) is 3.10. The van der Waals surface area contributed by atoms with E-state index in [-0.39, 0.29) is 17.9 Å². The first-order valence-corrected chi connectivity index (χ1v) is 12.5. The molecule has 0 fully saturated rings. The predicted molar refractivity (Wildman–Crippen MR) is 139 cm³/mol. The van der Waals surface area contributed by atoms with Crippen molar-refractivity contribution < 1.29 is 19.4 Å². The molecule has 1 N–H and O–H groups in total. The van der Waals surface area contributed by atoms with Gasteiger partial charge in [-0.25, -0.2) is 9.79 Å². The van der Waals surface area contributed by atoms with Crippen LogP contribution in [-0.2, 0) is 9.53 Å². The van der Waals surface area contributed by atoms with Gasteiger partial charge in [0.2, 0.25) is 0 Å². The van der Waals surface area contributed by atoms with E-state index in [9.17, 15) is 14.7 Å². The van der Waals surface area contributed by atoms with Crippen molar-refractivity contribution in [2.45, 2.75) is 19.9 Å². The third-order valence-electron chi connectivity index (χ3n) is 5.27. The number of benzene rings is 2. The van der Waals surface area contributed by atoms with Crippen LogP contribution in [0.1, 0.15) is 31.0 Å². The van der Waals surface area contributed by atoms with Crippen molar-refractivity contribution in [2.75, 3.05) is 13.7 Å². The summed E-state index contributed by atoms with van der Waals surface area (Å²) in [6, 6.07) is 9.71. The van der Waals surface area contributed by atoms with E-state index in [0.29, 0.717) is 40.5 Å². The van der Waals surface area contributed by atoms with Gasteiger partial charge in [-0.3, -0.25) is 9.36 Å². The SMILES string of the molecule is CCOC(=O)C1=C(C)N=c2s/c(=C/c3cc(I)c(O)c(OC)c3)c(=O)n2C1c1ccc(Cl)cc1. The number of carbonyl (C=O) groups is 1. The Morgan fingerprint density at radius 3 is 2.68 bits per heavy atom. The number of aromatic hydroxyl groups is 1. The minimum absolute atomic E-state index is 0.0409. The lowest BCUT2D eigenvalue weighted by molar-refractivity contribution is -0.139. The maximum absolute atomic E-state index is 13.6. The summed E-state index contributed by atoms with van der Waals surface area (Å²) < 4.78 is 13.1. The van der Waals surface area contributed by atoms with Crippen LogP contribution < -0.4 is 19.6 Å². The van der Waals surface area contributed by atoms with Crippen molar-refractivity contribution in [1.82, 2.24) is 4.57 Å². The fourth-order valence-electron chi connectivity index (χ4n) is 3.74. The summed E-state index contributed by atoms with van der Waals surface area (Å²) in [5.41, 5.74) is 1.92. The summed E-state index contributed by atoms with van der Waals surface area (Å²) >= 11 is 9.31. The molecule has 0 bridgehead atoms. The van der Waals surface area contributed by atoms with Gasteiger partial charge in [0.05, 0.1) is 39.1 Å². The second-order valence-electron chi connectivity index (χ2n) is 7.41. The first-order chi connectivity index (χ1) is 16.2. The number of rotatable bonds is 5. The Labute approximate surface area is 217 Å². The minimum Gasteiger partial charge on any atom is -0.504 e. The molecule has 10 heteroatoms.